The van der Waals surface area contributed by atoms with E-state index in [4.69, 9.17) is 14.2 Å². The number of nitrogens with zero attached hydrogens (tertiary/aromatic N) is 3. The number of anilines is 1. The Kier molecular flexibility index (Phi) is 7.21. The van der Waals surface area contributed by atoms with Crippen molar-refractivity contribution < 1.29 is 18.6 Å². The summed E-state index contributed by atoms with van der Waals surface area (Å²) in [7, 11) is 6.55. The predicted octanol–water partition coefficient (Wildman–Crippen LogP) is 2.75. The van der Waals surface area contributed by atoms with Crippen molar-refractivity contribution in [3.05, 3.63) is 47.8 Å². The Labute approximate surface area is 177 Å². The van der Waals surface area contributed by atoms with Gasteiger partial charge in [0.25, 0.3) is 0 Å². The lowest BCUT2D eigenvalue weighted by Gasteiger charge is -2.37. The van der Waals surface area contributed by atoms with E-state index in [0.29, 0.717) is 29.5 Å². The van der Waals surface area contributed by atoms with Crippen LogP contribution in [-0.4, -0.2) is 65.4 Å². The smallest absolute Gasteiger partial charge is 0.203 e. The van der Waals surface area contributed by atoms with Gasteiger partial charge in [-0.25, -0.2) is 4.39 Å². The van der Waals surface area contributed by atoms with Crippen molar-refractivity contribution in [1.29, 1.82) is 0 Å². The van der Waals surface area contributed by atoms with Crippen molar-refractivity contribution >= 4 is 11.6 Å². The van der Waals surface area contributed by atoms with Crippen LogP contribution in [0.2, 0.25) is 0 Å². The molecule has 3 rings (SSSR count). The maximum absolute atomic E-state index is 14.1. The second-order valence-corrected chi connectivity index (χ2v) is 6.86. The van der Waals surface area contributed by atoms with Gasteiger partial charge in [0.15, 0.2) is 17.5 Å². The zero-order chi connectivity index (χ0) is 21.5. The number of methoxy groups -OCH3 is 3. The van der Waals surface area contributed by atoms with E-state index in [1.165, 1.54) is 6.07 Å². The molecule has 0 radical (unpaired) electrons. The highest BCUT2D eigenvalue weighted by atomic mass is 19.1. The average Bonchev–Trinajstić information content (AvgIpc) is 2.79. The molecule has 30 heavy (non-hydrogen) atoms. The lowest BCUT2D eigenvalue weighted by molar-refractivity contribution is 0.323. The number of para-hydroxylation sites is 1. The Hall–Kier alpha value is -3.16. The highest BCUT2D eigenvalue weighted by Gasteiger charge is 2.21. The third-order valence-corrected chi connectivity index (χ3v) is 5.16. The molecule has 1 N–H and O–H groups in total. The maximum atomic E-state index is 14.1. The first-order chi connectivity index (χ1) is 14.6. The number of benzene rings is 2. The Bertz CT molecular complexity index is 857. The number of halogens is 1. The number of guanidine groups is 1. The third kappa shape index (κ3) is 4.69. The molecule has 2 aromatic carbocycles. The lowest BCUT2D eigenvalue weighted by Crippen LogP contribution is -2.52. The molecule has 0 bridgehead atoms. The summed E-state index contributed by atoms with van der Waals surface area (Å²) in [4.78, 5) is 8.66. The second-order valence-electron chi connectivity index (χ2n) is 6.86. The van der Waals surface area contributed by atoms with Crippen LogP contribution in [0.4, 0.5) is 10.1 Å². The van der Waals surface area contributed by atoms with Crippen LogP contribution in [0.5, 0.6) is 17.2 Å². The van der Waals surface area contributed by atoms with Crippen molar-refractivity contribution in [3.8, 4) is 17.2 Å². The van der Waals surface area contributed by atoms with E-state index in [1.54, 1.807) is 34.4 Å². The van der Waals surface area contributed by atoms with Gasteiger partial charge < -0.3 is 29.3 Å². The topological polar surface area (TPSA) is 58.6 Å². The van der Waals surface area contributed by atoms with Crippen molar-refractivity contribution in [2.75, 3.05) is 59.5 Å². The van der Waals surface area contributed by atoms with Crippen molar-refractivity contribution in [3.63, 3.8) is 0 Å². The standard InChI is InChI=1S/C22H29FN4O3/c1-24-22(25-15-16-13-19(28-2)21(30-4)20(14-16)29-3)27-11-9-26(10-12-27)18-8-6-5-7-17(18)23/h5-8,13-14H,9-12,15H2,1-4H3,(H,24,25). The molecule has 0 amide bonds. The first kappa shape index (κ1) is 21.5. The van der Waals surface area contributed by atoms with Crippen molar-refractivity contribution in [2.45, 2.75) is 6.54 Å². The van der Waals surface area contributed by atoms with Crippen LogP contribution in [0.15, 0.2) is 41.4 Å². The quantitative estimate of drug-likeness (QED) is 0.577. The normalized spacial score (nSPS) is 14.5. The zero-order valence-corrected chi connectivity index (χ0v) is 17.9. The summed E-state index contributed by atoms with van der Waals surface area (Å²) < 4.78 is 30.3. The molecule has 1 heterocycles. The molecule has 7 nitrogen and oxygen atoms in total. The molecule has 0 aliphatic carbocycles. The van der Waals surface area contributed by atoms with E-state index in [-0.39, 0.29) is 5.82 Å². The first-order valence-corrected chi connectivity index (χ1v) is 9.85. The molecular formula is C22H29FN4O3. The van der Waals surface area contributed by atoms with E-state index < -0.39 is 0 Å². The number of nitrogens with one attached hydrogen (secondary N) is 1. The van der Waals surface area contributed by atoms with Crippen molar-refractivity contribution in [2.24, 2.45) is 4.99 Å². The molecule has 1 aliphatic rings. The average molecular weight is 416 g/mol. The molecule has 1 aliphatic heterocycles. The van der Waals surface area contributed by atoms with Crippen LogP contribution < -0.4 is 24.4 Å². The molecule has 1 saturated heterocycles. The summed E-state index contributed by atoms with van der Waals surface area (Å²) in [5.41, 5.74) is 1.63. The molecule has 0 saturated carbocycles. The van der Waals surface area contributed by atoms with Gasteiger partial charge in [-0.3, -0.25) is 4.99 Å². The number of piperazine rings is 1. The van der Waals surface area contributed by atoms with Crippen LogP contribution in [-0.2, 0) is 6.54 Å². The van der Waals surface area contributed by atoms with Gasteiger partial charge in [-0.2, -0.15) is 0 Å². The number of aliphatic imine (C=N–C) groups is 1. The predicted molar refractivity (Wildman–Crippen MR) is 116 cm³/mol. The van der Waals surface area contributed by atoms with Gasteiger partial charge in [-0.05, 0) is 29.8 Å². The molecule has 0 spiro atoms. The summed E-state index contributed by atoms with van der Waals surface area (Å²) in [6.07, 6.45) is 0. The fourth-order valence-electron chi connectivity index (χ4n) is 3.62. The molecule has 162 valence electrons. The number of hydrogen-bond acceptors (Lipinski definition) is 5. The lowest BCUT2D eigenvalue weighted by atomic mass is 10.1. The zero-order valence-electron chi connectivity index (χ0n) is 17.9. The molecule has 8 heteroatoms. The fourth-order valence-corrected chi connectivity index (χ4v) is 3.62. The van der Waals surface area contributed by atoms with Crippen LogP contribution >= 0.6 is 0 Å². The SMILES string of the molecule is CN=C(NCc1cc(OC)c(OC)c(OC)c1)N1CCN(c2ccccc2F)CC1. The minimum atomic E-state index is -0.184. The molecule has 1 fully saturated rings. The summed E-state index contributed by atoms with van der Waals surface area (Å²) in [6, 6.07) is 10.7. The Balaban J connectivity index is 1.63. The molecule has 2 aromatic rings. The highest BCUT2D eigenvalue weighted by molar-refractivity contribution is 5.80. The monoisotopic (exact) mass is 416 g/mol. The molecule has 0 aromatic heterocycles. The minimum absolute atomic E-state index is 0.184. The molecule has 0 unspecified atom stereocenters. The van der Waals surface area contributed by atoms with Gasteiger partial charge in [0.05, 0.1) is 27.0 Å². The van der Waals surface area contributed by atoms with E-state index in [1.807, 2.05) is 24.3 Å². The first-order valence-electron chi connectivity index (χ1n) is 9.85. The molecule has 0 atom stereocenters. The van der Waals surface area contributed by atoms with E-state index in [0.717, 1.165) is 37.7 Å². The van der Waals surface area contributed by atoms with E-state index in [2.05, 4.69) is 20.1 Å². The van der Waals surface area contributed by atoms with Crippen LogP contribution in [0.25, 0.3) is 0 Å². The number of rotatable bonds is 6. The van der Waals surface area contributed by atoms with Gasteiger partial charge in [-0.15, -0.1) is 0 Å². The Morgan fingerprint density at radius 2 is 1.63 bits per heavy atom. The van der Waals surface area contributed by atoms with Crippen LogP contribution in [0, 0.1) is 5.82 Å². The van der Waals surface area contributed by atoms with E-state index in [9.17, 15) is 4.39 Å². The summed E-state index contributed by atoms with van der Waals surface area (Å²) in [5, 5.41) is 3.39. The van der Waals surface area contributed by atoms with E-state index >= 15 is 0 Å². The van der Waals surface area contributed by atoms with Crippen LogP contribution in [0.3, 0.4) is 0 Å². The van der Waals surface area contributed by atoms with Crippen molar-refractivity contribution in [1.82, 2.24) is 10.2 Å². The number of ether oxygens (including phenoxy) is 3. The second kappa shape index (κ2) is 10.0. The van der Waals surface area contributed by atoms with Gasteiger partial charge in [0.2, 0.25) is 5.75 Å². The van der Waals surface area contributed by atoms with Gasteiger partial charge in [0.1, 0.15) is 5.82 Å². The Morgan fingerprint density at radius 1 is 1.00 bits per heavy atom. The minimum Gasteiger partial charge on any atom is -0.493 e. The van der Waals surface area contributed by atoms with Crippen LogP contribution in [0.1, 0.15) is 5.56 Å². The summed E-state index contributed by atoms with van der Waals surface area (Å²) >= 11 is 0. The largest absolute Gasteiger partial charge is 0.493 e. The number of hydrogen-bond donors (Lipinski definition) is 1. The maximum Gasteiger partial charge on any atom is 0.203 e. The highest BCUT2D eigenvalue weighted by Crippen LogP contribution is 2.38. The Morgan fingerprint density at radius 3 is 2.17 bits per heavy atom. The summed E-state index contributed by atoms with van der Waals surface area (Å²) in [5.74, 6) is 2.41. The van der Waals surface area contributed by atoms with Gasteiger partial charge in [-0.1, -0.05) is 12.1 Å². The van der Waals surface area contributed by atoms with Gasteiger partial charge in [0, 0.05) is 39.8 Å². The third-order valence-electron chi connectivity index (χ3n) is 5.16. The molecular weight excluding hydrogens is 387 g/mol. The summed E-state index contributed by atoms with van der Waals surface area (Å²) in [6.45, 7) is 3.51. The fraction of sp³-hybridized carbons (Fsp3) is 0.409. The van der Waals surface area contributed by atoms with Gasteiger partial charge >= 0.3 is 0 Å².